The van der Waals surface area contributed by atoms with Crippen molar-refractivity contribution in [3.05, 3.63) is 29.3 Å². The summed E-state index contributed by atoms with van der Waals surface area (Å²) in [5.74, 6) is 4.02. The summed E-state index contributed by atoms with van der Waals surface area (Å²) < 4.78 is 25.8. The summed E-state index contributed by atoms with van der Waals surface area (Å²) in [4.78, 5) is 46.8. The molecule has 0 heterocycles. The van der Waals surface area contributed by atoms with Crippen LogP contribution >= 0.6 is 12.3 Å². The van der Waals surface area contributed by atoms with E-state index in [0.29, 0.717) is 23.2 Å². The Balaban J connectivity index is 2.93. The van der Waals surface area contributed by atoms with Gasteiger partial charge in [0.05, 0.1) is 19.4 Å². The van der Waals surface area contributed by atoms with Crippen LogP contribution in [0.4, 0.5) is 14.4 Å². The maximum Gasteiger partial charge on any atom is 0.404 e. The molecule has 0 saturated heterocycles. The minimum atomic E-state index is -0.968. The van der Waals surface area contributed by atoms with Gasteiger partial charge in [-0.05, 0) is 36.1 Å². The Bertz CT molecular complexity index is 976. The number of carbonyl (C=O) groups excluding carboxylic acids is 4. The van der Waals surface area contributed by atoms with E-state index in [1.54, 1.807) is 32.0 Å². The molecular weight excluding hydrogens is 497 g/mol. The predicted molar refractivity (Wildman–Crippen MR) is 133 cm³/mol. The lowest BCUT2D eigenvalue weighted by Crippen LogP contribution is -2.52. The summed E-state index contributed by atoms with van der Waals surface area (Å²) in [6, 6.07) is 3.05. The smallest absolute Gasteiger partial charge is 0.404 e. The molecule has 4 amide bonds. The third-order valence-electron chi connectivity index (χ3n) is 4.71. The molecule has 2 atom stereocenters. The molecule has 1 unspecified atom stereocenters. The van der Waals surface area contributed by atoms with E-state index < -0.39 is 30.0 Å². The molecule has 0 fully saturated rings. The number of benzene rings is 1. The number of ether oxygens (including phenoxy) is 2. The SMILES string of the molecule is CC(C)C(NC=O)C(=O)N[C@@H](C)C(=O)Nc1ccc(COC(N)=O)c(COCC(/C=N/SF)=N/N)c1. The van der Waals surface area contributed by atoms with Gasteiger partial charge in [0.25, 0.3) is 0 Å². The topological polar surface area (TPSA) is 200 Å². The van der Waals surface area contributed by atoms with Crippen molar-refractivity contribution in [2.45, 2.75) is 46.1 Å². The maximum absolute atomic E-state index is 12.6. The zero-order chi connectivity index (χ0) is 27.1. The van der Waals surface area contributed by atoms with Crippen LogP contribution in [0.15, 0.2) is 27.7 Å². The molecule has 0 aliphatic rings. The van der Waals surface area contributed by atoms with Crippen LogP contribution in [0.25, 0.3) is 0 Å². The van der Waals surface area contributed by atoms with Gasteiger partial charge in [0.15, 0.2) is 12.3 Å². The number of nitrogens with two attached hydrogens (primary N) is 2. The van der Waals surface area contributed by atoms with Crippen LogP contribution in [0, 0.1) is 5.92 Å². The van der Waals surface area contributed by atoms with Crippen molar-refractivity contribution in [2.75, 3.05) is 11.9 Å². The minimum absolute atomic E-state index is 0.0173. The molecule has 1 aromatic carbocycles. The number of hydrogen-bond donors (Lipinski definition) is 5. The summed E-state index contributed by atoms with van der Waals surface area (Å²) in [6.07, 6.45) is 0.560. The van der Waals surface area contributed by atoms with E-state index in [1.165, 1.54) is 6.92 Å². The van der Waals surface area contributed by atoms with Crippen molar-refractivity contribution in [3.63, 3.8) is 0 Å². The zero-order valence-electron chi connectivity index (χ0n) is 20.0. The Hall–Kier alpha value is -3.72. The summed E-state index contributed by atoms with van der Waals surface area (Å²) in [6.45, 7) is 4.75. The highest BCUT2D eigenvalue weighted by Gasteiger charge is 2.25. The lowest BCUT2D eigenvalue weighted by Gasteiger charge is -2.22. The van der Waals surface area contributed by atoms with E-state index >= 15 is 0 Å². The van der Waals surface area contributed by atoms with Crippen LogP contribution in [-0.2, 0) is 37.1 Å². The Labute approximate surface area is 212 Å². The van der Waals surface area contributed by atoms with Crippen LogP contribution in [0.3, 0.4) is 0 Å². The van der Waals surface area contributed by atoms with Gasteiger partial charge >= 0.3 is 6.09 Å². The molecule has 0 spiro atoms. The molecular formula is C21H30FN7O6S. The molecule has 0 bridgehead atoms. The highest BCUT2D eigenvalue weighted by molar-refractivity contribution is 7.93. The van der Waals surface area contributed by atoms with Gasteiger partial charge in [-0.1, -0.05) is 19.9 Å². The fourth-order valence-corrected chi connectivity index (χ4v) is 3.01. The van der Waals surface area contributed by atoms with Crippen LogP contribution in [0.1, 0.15) is 31.9 Å². The van der Waals surface area contributed by atoms with E-state index in [0.717, 1.165) is 6.21 Å². The van der Waals surface area contributed by atoms with Crippen LogP contribution in [0.2, 0.25) is 0 Å². The number of halogens is 1. The third kappa shape index (κ3) is 10.7. The van der Waals surface area contributed by atoms with Gasteiger partial charge in [0, 0.05) is 5.69 Å². The first kappa shape index (κ1) is 30.3. The monoisotopic (exact) mass is 527 g/mol. The van der Waals surface area contributed by atoms with E-state index in [2.05, 4.69) is 25.4 Å². The third-order valence-corrected chi connectivity index (χ3v) is 4.89. The molecule has 0 aliphatic heterocycles. The molecule has 1 rings (SSSR count). The number of nitrogens with zero attached hydrogens (tertiary/aromatic N) is 2. The van der Waals surface area contributed by atoms with Crippen molar-refractivity contribution in [1.82, 2.24) is 10.6 Å². The first-order valence-corrected chi connectivity index (χ1v) is 11.3. The highest BCUT2D eigenvalue weighted by Crippen LogP contribution is 2.19. The van der Waals surface area contributed by atoms with Crippen molar-refractivity contribution < 1.29 is 32.5 Å². The van der Waals surface area contributed by atoms with Gasteiger partial charge in [-0.2, -0.15) is 9.50 Å². The number of anilines is 1. The standard InChI is InChI=1S/C21H30FN7O6S/c1-12(2)18(25-11-30)20(32)27-13(3)19(31)28-16-5-4-14(9-35-21(23)33)15(6-16)8-34-10-17(29-24)7-26-36-22/h4-7,11-13,18H,8-10,24H2,1-3H3,(H2,23,33)(H,25,30)(H,27,32)(H,28,31)/b26-7+,29-17+/t13-,18?/m0/s1. The number of rotatable bonds is 15. The fourth-order valence-electron chi connectivity index (χ4n) is 2.85. The van der Waals surface area contributed by atoms with E-state index in [4.69, 9.17) is 21.1 Å². The number of nitrogens with one attached hydrogen (secondary N) is 3. The van der Waals surface area contributed by atoms with Gasteiger partial charge in [-0.25, -0.2) is 4.79 Å². The molecule has 0 saturated carbocycles. The van der Waals surface area contributed by atoms with E-state index in [-0.39, 0.29) is 43.8 Å². The Morgan fingerprint density at radius 2 is 1.89 bits per heavy atom. The quantitative estimate of drug-likeness (QED) is 0.0729. The second-order valence-electron chi connectivity index (χ2n) is 7.73. The molecule has 15 heteroatoms. The lowest BCUT2D eigenvalue weighted by molar-refractivity contribution is -0.129. The van der Waals surface area contributed by atoms with Crippen LogP contribution in [0.5, 0.6) is 0 Å². The maximum atomic E-state index is 12.6. The average molecular weight is 528 g/mol. The van der Waals surface area contributed by atoms with Crippen LogP contribution in [-0.4, -0.2) is 54.9 Å². The number of primary amides is 1. The number of hydrazone groups is 1. The molecule has 0 radical (unpaired) electrons. The van der Waals surface area contributed by atoms with Crippen molar-refractivity contribution >= 4 is 54.3 Å². The van der Waals surface area contributed by atoms with Gasteiger partial charge < -0.3 is 37.0 Å². The predicted octanol–water partition coefficient (Wildman–Crippen LogP) is 0.931. The zero-order valence-corrected chi connectivity index (χ0v) is 20.8. The van der Waals surface area contributed by atoms with Gasteiger partial charge in [0.2, 0.25) is 18.2 Å². The Kier molecular flexibility index (Phi) is 13.5. The molecule has 198 valence electrons. The molecule has 36 heavy (non-hydrogen) atoms. The molecule has 0 aromatic heterocycles. The number of carbonyl (C=O) groups is 4. The summed E-state index contributed by atoms with van der Waals surface area (Å²) in [5.41, 5.74) is 6.67. The number of hydrogen-bond acceptors (Lipinski definition) is 10. The average Bonchev–Trinajstić information content (AvgIpc) is 2.83. The van der Waals surface area contributed by atoms with Crippen molar-refractivity contribution in [2.24, 2.45) is 27.0 Å². The van der Waals surface area contributed by atoms with E-state index in [9.17, 15) is 23.1 Å². The molecule has 1 aromatic rings. The second-order valence-corrected chi connectivity index (χ2v) is 8.08. The molecule has 7 N–H and O–H groups in total. The van der Waals surface area contributed by atoms with Gasteiger partial charge in [-0.3, -0.25) is 14.4 Å². The summed E-state index contributed by atoms with van der Waals surface area (Å²) in [7, 11) is 0. The van der Waals surface area contributed by atoms with Crippen molar-refractivity contribution in [3.8, 4) is 0 Å². The first-order valence-electron chi connectivity index (χ1n) is 10.6. The van der Waals surface area contributed by atoms with Gasteiger partial charge in [0.1, 0.15) is 24.4 Å². The lowest BCUT2D eigenvalue weighted by atomic mass is 10.0. The fraction of sp³-hybridized carbons (Fsp3) is 0.429. The van der Waals surface area contributed by atoms with Crippen molar-refractivity contribution in [1.29, 1.82) is 0 Å². The summed E-state index contributed by atoms with van der Waals surface area (Å²) in [5, 5.41) is 11.1. The Morgan fingerprint density at radius 1 is 1.17 bits per heavy atom. The van der Waals surface area contributed by atoms with Gasteiger partial charge in [-0.15, -0.1) is 3.89 Å². The molecule has 0 aliphatic carbocycles. The highest BCUT2D eigenvalue weighted by atomic mass is 32.2. The first-order chi connectivity index (χ1) is 17.1. The normalized spacial score (nSPS) is 13.2. The second kappa shape index (κ2) is 16.0. The summed E-state index contributed by atoms with van der Waals surface area (Å²) >= 11 is -0.263. The number of amides is 4. The largest absolute Gasteiger partial charge is 0.445 e. The van der Waals surface area contributed by atoms with Crippen LogP contribution < -0.4 is 27.5 Å². The van der Waals surface area contributed by atoms with E-state index in [1.807, 2.05) is 0 Å². The minimum Gasteiger partial charge on any atom is -0.445 e. The molecule has 13 nitrogen and oxygen atoms in total. The Morgan fingerprint density at radius 3 is 2.47 bits per heavy atom.